The molecule has 44 valence electrons. The molecule has 0 heterocycles. The van der Waals surface area contributed by atoms with Crippen LogP contribution in [0.4, 0.5) is 0 Å². The van der Waals surface area contributed by atoms with Crippen LogP contribution in [0.15, 0.2) is 0 Å². The molecule has 3 heteroatoms. The van der Waals surface area contributed by atoms with E-state index in [0.717, 1.165) is 13.0 Å². The van der Waals surface area contributed by atoms with Gasteiger partial charge in [-0.2, -0.15) is 0 Å². The third kappa shape index (κ3) is 6.21. The molecule has 0 fully saturated rings. The van der Waals surface area contributed by atoms with Crippen LogP contribution >= 0.6 is 11.8 Å². The average Bonchev–Trinajstić information content (AvgIpc) is 1.61. The summed E-state index contributed by atoms with van der Waals surface area (Å²) >= 11 is 5.38. The van der Waals surface area contributed by atoms with E-state index >= 15 is 0 Å². The zero-order chi connectivity index (χ0) is 5.70. The molecule has 0 rings (SSSR count). The third-order valence-corrected chi connectivity index (χ3v) is 0.793. The van der Waals surface area contributed by atoms with E-state index < -0.39 is 0 Å². The summed E-state index contributed by atoms with van der Waals surface area (Å²) in [4.78, 5) is 0. The molecule has 0 atom stereocenters. The Bertz CT molecular complexity index is 40.7. The first-order valence-electron chi connectivity index (χ1n) is 2.25. The van der Waals surface area contributed by atoms with Gasteiger partial charge in [0.2, 0.25) is 0 Å². The normalized spacial score (nSPS) is 10.3. The topological polar surface area (TPSA) is 23.5 Å². The van der Waals surface area contributed by atoms with Crippen LogP contribution in [0.5, 0.6) is 0 Å². The summed E-state index contributed by atoms with van der Waals surface area (Å²) in [5.41, 5.74) is 0. The SMILES string of the molecule is CN(Cl)CCCO. The van der Waals surface area contributed by atoms with Crippen LogP contribution in [-0.4, -0.2) is 29.7 Å². The van der Waals surface area contributed by atoms with Crippen LogP contribution < -0.4 is 0 Å². The molecule has 1 N–H and O–H groups in total. The first kappa shape index (κ1) is 7.21. The highest BCUT2D eigenvalue weighted by atomic mass is 35.5. The molecule has 0 aliphatic rings. The average molecular weight is 124 g/mol. The maximum atomic E-state index is 8.23. The lowest BCUT2D eigenvalue weighted by Gasteiger charge is -2.01. The fourth-order valence-corrected chi connectivity index (χ4v) is 0.408. The number of nitrogens with zero attached hydrogens (tertiary/aromatic N) is 1. The first-order chi connectivity index (χ1) is 3.27. The second-order valence-electron chi connectivity index (χ2n) is 1.41. The molecule has 0 saturated carbocycles. The number of hydrogen-bond donors (Lipinski definition) is 1. The highest BCUT2D eigenvalue weighted by molar-refractivity contribution is 6.13. The number of rotatable bonds is 3. The van der Waals surface area contributed by atoms with E-state index in [1.807, 2.05) is 0 Å². The van der Waals surface area contributed by atoms with E-state index in [4.69, 9.17) is 16.9 Å². The van der Waals surface area contributed by atoms with E-state index in [-0.39, 0.29) is 6.61 Å². The molecule has 0 spiro atoms. The Morgan fingerprint density at radius 2 is 2.29 bits per heavy atom. The molecular weight excluding hydrogens is 114 g/mol. The van der Waals surface area contributed by atoms with Gasteiger partial charge >= 0.3 is 0 Å². The van der Waals surface area contributed by atoms with Gasteiger partial charge < -0.3 is 5.11 Å². The summed E-state index contributed by atoms with van der Waals surface area (Å²) in [6.07, 6.45) is 0.750. The Morgan fingerprint density at radius 1 is 1.71 bits per heavy atom. The zero-order valence-corrected chi connectivity index (χ0v) is 5.15. The summed E-state index contributed by atoms with van der Waals surface area (Å²) in [5.74, 6) is 0. The molecule has 7 heavy (non-hydrogen) atoms. The van der Waals surface area contributed by atoms with E-state index in [0.29, 0.717) is 0 Å². The van der Waals surface area contributed by atoms with Gasteiger partial charge in [-0.25, -0.2) is 4.42 Å². The quantitative estimate of drug-likeness (QED) is 0.551. The van der Waals surface area contributed by atoms with Crippen molar-refractivity contribution >= 4 is 11.8 Å². The van der Waals surface area contributed by atoms with Gasteiger partial charge in [-0.3, -0.25) is 0 Å². The smallest absolute Gasteiger partial charge is 0.0443 e. The lowest BCUT2D eigenvalue weighted by Crippen LogP contribution is -2.07. The summed E-state index contributed by atoms with van der Waals surface area (Å²) in [6, 6.07) is 0. The predicted octanol–water partition coefficient (Wildman–Crippen LogP) is 0.454. The maximum absolute atomic E-state index is 8.23. The van der Waals surface area contributed by atoms with Crippen LogP contribution in [0.3, 0.4) is 0 Å². The first-order valence-corrected chi connectivity index (χ1v) is 2.59. The van der Waals surface area contributed by atoms with Gasteiger partial charge in [0, 0.05) is 20.2 Å². The van der Waals surface area contributed by atoms with Crippen LogP contribution in [0.25, 0.3) is 0 Å². The number of aliphatic hydroxyl groups is 1. The minimum absolute atomic E-state index is 0.219. The fraction of sp³-hybridized carbons (Fsp3) is 1.00. The summed E-state index contributed by atoms with van der Waals surface area (Å²) < 4.78 is 1.52. The zero-order valence-electron chi connectivity index (χ0n) is 4.39. The second kappa shape index (κ2) is 4.37. The third-order valence-electron chi connectivity index (χ3n) is 0.624. The summed E-state index contributed by atoms with van der Waals surface area (Å²) in [5, 5.41) is 8.23. The van der Waals surface area contributed by atoms with Gasteiger partial charge in [0.1, 0.15) is 0 Å². The van der Waals surface area contributed by atoms with Crippen LogP contribution in [-0.2, 0) is 0 Å². The Kier molecular flexibility index (Phi) is 4.50. The molecule has 2 nitrogen and oxygen atoms in total. The van der Waals surface area contributed by atoms with Crippen molar-refractivity contribution in [3.8, 4) is 0 Å². The monoisotopic (exact) mass is 123 g/mol. The Labute approximate surface area is 48.8 Å². The van der Waals surface area contributed by atoms with Crippen molar-refractivity contribution in [2.24, 2.45) is 0 Å². The largest absolute Gasteiger partial charge is 0.396 e. The van der Waals surface area contributed by atoms with Gasteiger partial charge in [0.05, 0.1) is 0 Å². The van der Waals surface area contributed by atoms with Crippen molar-refractivity contribution in [3.05, 3.63) is 0 Å². The molecule has 0 aromatic carbocycles. The van der Waals surface area contributed by atoms with Crippen molar-refractivity contribution < 1.29 is 5.11 Å². The number of aliphatic hydroxyl groups excluding tert-OH is 1. The van der Waals surface area contributed by atoms with Crippen molar-refractivity contribution in [2.45, 2.75) is 6.42 Å². The molecule has 0 bridgehead atoms. The molecule has 0 aromatic heterocycles. The predicted molar refractivity (Wildman–Crippen MR) is 30.2 cm³/mol. The van der Waals surface area contributed by atoms with E-state index in [9.17, 15) is 0 Å². The minimum atomic E-state index is 0.219. The van der Waals surface area contributed by atoms with E-state index in [1.54, 1.807) is 7.05 Å². The molecule has 0 aromatic rings. The molecule has 0 aliphatic carbocycles. The Balaban J connectivity index is 2.68. The van der Waals surface area contributed by atoms with Crippen molar-refractivity contribution in [1.82, 2.24) is 4.42 Å². The minimum Gasteiger partial charge on any atom is -0.396 e. The molecule has 0 radical (unpaired) electrons. The Morgan fingerprint density at radius 3 is 2.43 bits per heavy atom. The highest BCUT2D eigenvalue weighted by Gasteiger charge is 1.87. The Hall–Kier alpha value is 0.210. The lowest BCUT2D eigenvalue weighted by molar-refractivity contribution is 0.277. The number of hydrogen-bond acceptors (Lipinski definition) is 2. The summed E-state index contributed by atoms with van der Waals surface area (Å²) in [6.45, 7) is 0.967. The van der Waals surface area contributed by atoms with Crippen LogP contribution in [0, 0.1) is 0 Å². The van der Waals surface area contributed by atoms with Crippen LogP contribution in [0.2, 0.25) is 0 Å². The molecule has 0 unspecified atom stereocenters. The maximum Gasteiger partial charge on any atom is 0.0443 e. The van der Waals surface area contributed by atoms with Crippen molar-refractivity contribution in [2.75, 3.05) is 20.2 Å². The van der Waals surface area contributed by atoms with E-state index in [1.165, 1.54) is 4.42 Å². The standard InChI is InChI=1S/C4H10ClNO/c1-6(5)3-2-4-7/h7H,2-4H2,1H3. The van der Waals surface area contributed by atoms with Crippen LogP contribution in [0.1, 0.15) is 6.42 Å². The van der Waals surface area contributed by atoms with Gasteiger partial charge in [-0.1, -0.05) is 0 Å². The summed E-state index contributed by atoms with van der Waals surface area (Å²) in [7, 11) is 1.76. The van der Waals surface area contributed by atoms with Gasteiger partial charge in [-0.15, -0.1) is 0 Å². The number of halogens is 1. The highest BCUT2D eigenvalue weighted by Crippen LogP contribution is 1.87. The fourth-order valence-electron chi connectivity index (χ4n) is 0.289. The van der Waals surface area contributed by atoms with Gasteiger partial charge in [0.15, 0.2) is 0 Å². The lowest BCUT2D eigenvalue weighted by atomic mass is 10.5. The van der Waals surface area contributed by atoms with Crippen molar-refractivity contribution in [3.63, 3.8) is 0 Å². The van der Waals surface area contributed by atoms with E-state index in [2.05, 4.69) is 0 Å². The van der Waals surface area contributed by atoms with Crippen molar-refractivity contribution in [1.29, 1.82) is 0 Å². The molecule has 0 saturated heterocycles. The second-order valence-corrected chi connectivity index (χ2v) is 1.98. The molecular formula is C4H10ClNO. The van der Waals surface area contributed by atoms with Gasteiger partial charge in [-0.05, 0) is 18.2 Å². The van der Waals surface area contributed by atoms with Gasteiger partial charge in [0.25, 0.3) is 0 Å². The molecule has 0 aliphatic heterocycles. The molecule has 0 amide bonds.